The minimum Gasteiger partial charge on any atom is -0.341 e. The Morgan fingerprint density at radius 3 is 2.45 bits per heavy atom. The lowest BCUT2D eigenvalue weighted by atomic mass is 9.90. The number of rotatable bonds is 2. The number of likely N-dealkylation sites (tertiary alicyclic amines) is 2. The summed E-state index contributed by atoms with van der Waals surface area (Å²) in [5, 5.41) is 0. The van der Waals surface area contributed by atoms with Crippen molar-refractivity contribution in [2.45, 2.75) is 53.0 Å². The van der Waals surface area contributed by atoms with Crippen molar-refractivity contribution in [3.8, 4) is 0 Å². The number of carbonyl (C=O) groups is 2. The zero-order chi connectivity index (χ0) is 16.5. The molecular weight excluding hydrogens is 278 g/mol. The van der Waals surface area contributed by atoms with E-state index < -0.39 is 0 Å². The molecule has 2 fully saturated rings. The quantitative estimate of drug-likeness (QED) is 0.840. The fourth-order valence-electron chi connectivity index (χ4n) is 3.69. The highest BCUT2D eigenvalue weighted by Gasteiger charge is 2.38. The number of amides is 2. The van der Waals surface area contributed by atoms with Gasteiger partial charge in [0.1, 0.15) is 0 Å². The first-order valence-electron chi connectivity index (χ1n) is 8.54. The standard InChI is InChI=1S/C17H31N3O2/c1-12-8-13(9-18)10-20(12)15(21)14-6-5-7-19(11-14)16(22)17(2,3)4/h12-14H,5-11,18H2,1-4H3. The van der Waals surface area contributed by atoms with E-state index in [0.717, 1.165) is 32.4 Å². The Kier molecular flexibility index (Phi) is 5.15. The number of nitrogens with two attached hydrogens (primary N) is 1. The van der Waals surface area contributed by atoms with Crippen molar-refractivity contribution in [1.82, 2.24) is 9.80 Å². The molecule has 0 aliphatic carbocycles. The topological polar surface area (TPSA) is 66.6 Å². The molecule has 0 aromatic carbocycles. The number of piperidine rings is 1. The minimum absolute atomic E-state index is 0.0426. The molecule has 126 valence electrons. The van der Waals surface area contributed by atoms with Crippen molar-refractivity contribution in [3.63, 3.8) is 0 Å². The SMILES string of the molecule is CC1CC(CN)CN1C(=O)C1CCCN(C(=O)C(C)(C)C)C1. The van der Waals surface area contributed by atoms with Crippen LogP contribution in [0.5, 0.6) is 0 Å². The van der Waals surface area contributed by atoms with Crippen molar-refractivity contribution >= 4 is 11.8 Å². The van der Waals surface area contributed by atoms with Gasteiger partial charge in [-0.15, -0.1) is 0 Å². The van der Waals surface area contributed by atoms with E-state index in [1.807, 2.05) is 30.6 Å². The van der Waals surface area contributed by atoms with Crippen LogP contribution in [-0.4, -0.2) is 53.8 Å². The van der Waals surface area contributed by atoms with E-state index in [0.29, 0.717) is 19.0 Å². The fraction of sp³-hybridized carbons (Fsp3) is 0.882. The molecule has 5 nitrogen and oxygen atoms in total. The van der Waals surface area contributed by atoms with Gasteiger partial charge >= 0.3 is 0 Å². The van der Waals surface area contributed by atoms with Crippen molar-refractivity contribution in [1.29, 1.82) is 0 Å². The van der Waals surface area contributed by atoms with Crippen LogP contribution in [0, 0.1) is 17.3 Å². The maximum atomic E-state index is 12.8. The number of carbonyl (C=O) groups excluding carboxylic acids is 2. The van der Waals surface area contributed by atoms with Gasteiger partial charge in [0.25, 0.3) is 0 Å². The third kappa shape index (κ3) is 3.62. The predicted octanol–water partition coefficient (Wildman–Crippen LogP) is 1.47. The smallest absolute Gasteiger partial charge is 0.227 e. The lowest BCUT2D eigenvalue weighted by molar-refractivity contribution is -0.145. The predicted molar refractivity (Wildman–Crippen MR) is 87.1 cm³/mol. The second kappa shape index (κ2) is 6.57. The van der Waals surface area contributed by atoms with E-state index in [2.05, 4.69) is 6.92 Å². The van der Waals surface area contributed by atoms with Crippen LogP contribution < -0.4 is 5.73 Å². The summed E-state index contributed by atoms with van der Waals surface area (Å²) in [5.41, 5.74) is 5.38. The molecule has 5 heteroatoms. The van der Waals surface area contributed by atoms with Gasteiger partial charge in [0, 0.05) is 31.1 Å². The second-order valence-electron chi connectivity index (χ2n) is 8.02. The average molecular weight is 309 g/mol. The third-order valence-electron chi connectivity index (χ3n) is 4.98. The Balaban J connectivity index is 2.00. The summed E-state index contributed by atoms with van der Waals surface area (Å²) in [6, 6.07) is 0.273. The fourth-order valence-corrected chi connectivity index (χ4v) is 3.69. The van der Waals surface area contributed by atoms with Crippen LogP contribution >= 0.6 is 0 Å². The Morgan fingerprint density at radius 2 is 1.91 bits per heavy atom. The molecule has 2 amide bonds. The Labute approximate surface area is 134 Å². The Bertz CT molecular complexity index is 430. The highest BCUT2D eigenvalue weighted by molar-refractivity contribution is 5.84. The first-order valence-corrected chi connectivity index (χ1v) is 8.54. The van der Waals surface area contributed by atoms with Crippen LogP contribution in [0.2, 0.25) is 0 Å². The van der Waals surface area contributed by atoms with Crippen LogP contribution in [0.1, 0.15) is 47.0 Å². The maximum Gasteiger partial charge on any atom is 0.227 e. The molecule has 2 aliphatic rings. The summed E-state index contributed by atoms with van der Waals surface area (Å²) in [7, 11) is 0. The molecule has 2 heterocycles. The number of hydrogen-bond acceptors (Lipinski definition) is 3. The van der Waals surface area contributed by atoms with E-state index in [-0.39, 0.29) is 29.2 Å². The summed E-state index contributed by atoms with van der Waals surface area (Å²) in [5.74, 6) is 0.753. The van der Waals surface area contributed by atoms with Crippen LogP contribution in [0.3, 0.4) is 0 Å². The van der Waals surface area contributed by atoms with Crippen molar-refractivity contribution in [3.05, 3.63) is 0 Å². The summed E-state index contributed by atoms with van der Waals surface area (Å²) in [6.07, 6.45) is 2.81. The van der Waals surface area contributed by atoms with Crippen molar-refractivity contribution in [2.75, 3.05) is 26.2 Å². The zero-order valence-corrected chi connectivity index (χ0v) is 14.5. The van der Waals surface area contributed by atoms with Crippen molar-refractivity contribution in [2.24, 2.45) is 23.0 Å². The average Bonchev–Trinajstić information content (AvgIpc) is 2.86. The van der Waals surface area contributed by atoms with Crippen LogP contribution in [0.25, 0.3) is 0 Å². The lowest BCUT2D eigenvalue weighted by Gasteiger charge is -2.37. The Hall–Kier alpha value is -1.10. The van der Waals surface area contributed by atoms with Gasteiger partial charge in [-0.3, -0.25) is 9.59 Å². The lowest BCUT2D eigenvalue weighted by Crippen LogP contribution is -2.50. The van der Waals surface area contributed by atoms with Crippen molar-refractivity contribution < 1.29 is 9.59 Å². The molecule has 3 unspecified atom stereocenters. The van der Waals surface area contributed by atoms with E-state index in [1.165, 1.54) is 0 Å². The zero-order valence-electron chi connectivity index (χ0n) is 14.5. The van der Waals surface area contributed by atoms with Gasteiger partial charge in [-0.05, 0) is 38.6 Å². The molecule has 0 spiro atoms. The van der Waals surface area contributed by atoms with Gasteiger partial charge in [0.05, 0.1) is 5.92 Å². The number of hydrogen-bond donors (Lipinski definition) is 1. The first kappa shape index (κ1) is 17.3. The summed E-state index contributed by atoms with van der Waals surface area (Å²) < 4.78 is 0. The molecule has 0 saturated carbocycles. The van der Waals surface area contributed by atoms with E-state index >= 15 is 0 Å². The maximum absolute atomic E-state index is 12.8. The highest BCUT2D eigenvalue weighted by Crippen LogP contribution is 2.28. The normalized spacial score (nSPS) is 29.8. The van der Waals surface area contributed by atoms with Gasteiger partial charge in [-0.25, -0.2) is 0 Å². The van der Waals surface area contributed by atoms with Gasteiger partial charge in [-0.1, -0.05) is 20.8 Å². The van der Waals surface area contributed by atoms with Gasteiger partial charge in [-0.2, -0.15) is 0 Å². The molecule has 3 atom stereocenters. The summed E-state index contributed by atoms with van der Waals surface area (Å²) >= 11 is 0. The number of nitrogens with zero attached hydrogens (tertiary/aromatic N) is 2. The molecule has 0 aromatic rings. The Morgan fingerprint density at radius 1 is 1.23 bits per heavy atom. The minimum atomic E-state index is -0.378. The molecule has 2 rings (SSSR count). The molecule has 2 N–H and O–H groups in total. The molecule has 22 heavy (non-hydrogen) atoms. The van der Waals surface area contributed by atoms with Crippen LogP contribution in [-0.2, 0) is 9.59 Å². The van der Waals surface area contributed by atoms with Gasteiger partial charge in [0.2, 0.25) is 11.8 Å². The summed E-state index contributed by atoms with van der Waals surface area (Å²) in [4.78, 5) is 29.2. The molecule has 2 aliphatic heterocycles. The highest BCUT2D eigenvalue weighted by atomic mass is 16.2. The van der Waals surface area contributed by atoms with Gasteiger partial charge in [0.15, 0.2) is 0 Å². The monoisotopic (exact) mass is 309 g/mol. The second-order valence-corrected chi connectivity index (χ2v) is 8.02. The molecule has 0 aromatic heterocycles. The van der Waals surface area contributed by atoms with Crippen LogP contribution in [0.4, 0.5) is 0 Å². The molecule has 0 radical (unpaired) electrons. The largest absolute Gasteiger partial charge is 0.341 e. The van der Waals surface area contributed by atoms with Crippen LogP contribution in [0.15, 0.2) is 0 Å². The van der Waals surface area contributed by atoms with E-state index in [1.54, 1.807) is 0 Å². The summed E-state index contributed by atoms with van der Waals surface area (Å²) in [6.45, 7) is 10.7. The molecular formula is C17H31N3O2. The molecule has 0 bridgehead atoms. The van der Waals surface area contributed by atoms with E-state index in [9.17, 15) is 9.59 Å². The third-order valence-corrected chi connectivity index (χ3v) is 4.98. The van der Waals surface area contributed by atoms with E-state index in [4.69, 9.17) is 5.73 Å². The molecule has 2 saturated heterocycles. The first-order chi connectivity index (χ1) is 10.2. The van der Waals surface area contributed by atoms with Gasteiger partial charge < -0.3 is 15.5 Å².